The van der Waals surface area contributed by atoms with Crippen molar-refractivity contribution in [2.24, 2.45) is 0 Å². The Kier molecular flexibility index (Phi) is 2.87. The summed E-state index contributed by atoms with van der Waals surface area (Å²) in [6.07, 6.45) is 2.96. The topological polar surface area (TPSA) is 38.0 Å². The SMILES string of the molecule is N#Cc1cccn1CC1OCCc2ccccc21. The van der Waals surface area contributed by atoms with Crippen LogP contribution in [0.15, 0.2) is 42.6 Å². The molecule has 1 aliphatic rings. The Labute approximate surface area is 106 Å². The zero-order valence-corrected chi connectivity index (χ0v) is 10.0. The second-order valence-electron chi connectivity index (χ2n) is 4.47. The van der Waals surface area contributed by atoms with E-state index in [0.717, 1.165) is 13.0 Å². The van der Waals surface area contributed by atoms with Crippen LogP contribution < -0.4 is 0 Å². The van der Waals surface area contributed by atoms with Crippen molar-refractivity contribution in [3.63, 3.8) is 0 Å². The summed E-state index contributed by atoms with van der Waals surface area (Å²) in [7, 11) is 0. The lowest BCUT2D eigenvalue weighted by Gasteiger charge is -2.26. The number of nitrogens with zero attached hydrogens (tertiary/aromatic N) is 2. The van der Waals surface area contributed by atoms with Gasteiger partial charge in [-0.25, -0.2) is 0 Å². The van der Waals surface area contributed by atoms with Crippen LogP contribution in [0, 0.1) is 11.3 Å². The molecule has 0 N–H and O–H groups in total. The number of rotatable bonds is 2. The third-order valence-corrected chi connectivity index (χ3v) is 3.40. The molecule has 90 valence electrons. The molecule has 1 aromatic heterocycles. The number of aromatic nitrogens is 1. The first-order valence-electron chi connectivity index (χ1n) is 6.13. The Balaban J connectivity index is 1.89. The molecule has 0 radical (unpaired) electrons. The number of nitriles is 1. The van der Waals surface area contributed by atoms with Crippen LogP contribution in [0.1, 0.15) is 22.9 Å². The Bertz CT molecular complexity index is 595. The summed E-state index contributed by atoms with van der Waals surface area (Å²) in [4.78, 5) is 0. The van der Waals surface area contributed by atoms with Crippen LogP contribution in [-0.4, -0.2) is 11.2 Å². The Morgan fingerprint density at radius 3 is 3.06 bits per heavy atom. The maximum absolute atomic E-state index is 9.02. The van der Waals surface area contributed by atoms with Gasteiger partial charge < -0.3 is 9.30 Å². The minimum absolute atomic E-state index is 0.0504. The smallest absolute Gasteiger partial charge is 0.120 e. The molecule has 1 atom stereocenters. The van der Waals surface area contributed by atoms with Crippen molar-refractivity contribution >= 4 is 0 Å². The number of hydrogen-bond acceptors (Lipinski definition) is 2. The predicted octanol–water partition coefficient (Wildman–Crippen LogP) is 2.67. The monoisotopic (exact) mass is 238 g/mol. The van der Waals surface area contributed by atoms with E-state index in [4.69, 9.17) is 10.00 Å². The van der Waals surface area contributed by atoms with Crippen LogP contribution in [0.2, 0.25) is 0 Å². The molecule has 0 amide bonds. The van der Waals surface area contributed by atoms with Crippen LogP contribution in [0.4, 0.5) is 0 Å². The maximum atomic E-state index is 9.02. The number of hydrogen-bond donors (Lipinski definition) is 0. The molecule has 1 unspecified atom stereocenters. The van der Waals surface area contributed by atoms with Crippen molar-refractivity contribution in [2.45, 2.75) is 19.1 Å². The fourth-order valence-electron chi connectivity index (χ4n) is 2.48. The van der Waals surface area contributed by atoms with Gasteiger partial charge in [-0.2, -0.15) is 5.26 Å². The first kappa shape index (κ1) is 11.1. The Morgan fingerprint density at radius 2 is 2.17 bits per heavy atom. The molecule has 2 aromatic rings. The molecule has 18 heavy (non-hydrogen) atoms. The highest BCUT2D eigenvalue weighted by molar-refractivity contribution is 5.31. The van der Waals surface area contributed by atoms with E-state index >= 15 is 0 Å². The van der Waals surface area contributed by atoms with Gasteiger partial charge in [-0.3, -0.25) is 0 Å². The van der Waals surface area contributed by atoms with Crippen LogP contribution >= 0.6 is 0 Å². The zero-order valence-electron chi connectivity index (χ0n) is 10.0. The van der Waals surface area contributed by atoms with E-state index in [1.54, 1.807) is 0 Å². The lowest BCUT2D eigenvalue weighted by Crippen LogP contribution is -2.20. The van der Waals surface area contributed by atoms with Gasteiger partial charge in [0.25, 0.3) is 0 Å². The summed E-state index contributed by atoms with van der Waals surface area (Å²) < 4.78 is 7.80. The maximum Gasteiger partial charge on any atom is 0.120 e. The van der Waals surface area contributed by atoms with Crippen molar-refractivity contribution < 1.29 is 4.74 Å². The number of fused-ring (bicyclic) bond motifs is 1. The number of benzene rings is 1. The third kappa shape index (κ3) is 1.92. The molecule has 0 aliphatic carbocycles. The molecule has 3 rings (SSSR count). The van der Waals surface area contributed by atoms with Crippen molar-refractivity contribution in [2.75, 3.05) is 6.61 Å². The zero-order chi connectivity index (χ0) is 12.4. The van der Waals surface area contributed by atoms with E-state index in [2.05, 4.69) is 24.3 Å². The molecule has 2 heterocycles. The lowest BCUT2D eigenvalue weighted by molar-refractivity contribution is 0.0305. The summed E-state index contributed by atoms with van der Waals surface area (Å²) in [6, 6.07) is 14.3. The fraction of sp³-hybridized carbons (Fsp3) is 0.267. The highest BCUT2D eigenvalue weighted by Crippen LogP contribution is 2.28. The van der Waals surface area contributed by atoms with Gasteiger partial charge in [-0.05, 0) is 29.7 Å². The first-order valence-corrected chi connectivity index (χ1v) is 6.13. The molecule has 0 saturated heterocycles. The summed E-state index contributed by atoms with van der Waals surface area (Å²) >= 11 is 0. The van der Waals surface area contributed by atoms with Crippen LogP contribution in [0.25, 0.3) is 0 Å². The Hall–Kier alpha value is -2.05. The molecular formula is C15H14N2O. The second kappa shape index (κ2) is 4.67. The standard InChI is InChI=1S/C15H14N2O/c16-10-13-5-3-8-17(13)11-15-14-6-2-1-4-12(14)7-9-18-15/h1-6,8,15H,7,9,11H2. The molecule has 0 spiro atoms. The van der Waals surface area contributed by atoms with Gasteiger partial charge in [-0.1, -0.05) is 24.3 Å². The van der Waals surface area contributed by atoms with Gasteiger partial charge in [0, 0.05) is 6.20 Å². The van der Waals surface area contributed by atoms with E-state index in [-0.39, 0.29) is 6.10 Å². The molecule has 1 aliphatic heterocycles. The first-order chi connectivity index (χ1) is 8.88. The van der Waals surface area contributed by atoms with E-state index in [1.807, 2.05) is 29.0 Å². The van der Waals surface area contributed by atoms with Gasteiger partial charge in [-0.15, -0.1) is 0 Å². The van der Waals surface area contributed by atoms with Crippen LogP contribution in [-0.2, 0) is 17.7 Å². The summed E-state index contributed by atoms with van der Waals surface area (Å²) in [6.45, 7) is 1.46. The van der Waals surface area contributed by atoms with E-state index < -0.39 is 0 Å². The average Bonchev–Trinajstić information content (AvgIpc) is 2.86. The fourth-order valence-corrected chi connectivity index (χ4v) is 2.48. The van der Waals surface area contributed by atoms with Gasteiger partial charge in [0.1, 0.15) is 17.9 Å². The highest BCUT2D eigenvalue weighted by atomic mass is 16.5. The van der Waals surface area contributed by atoms with Gasteiger partial charge >= 0.3 is 0 Å². The van der Waals surface area contributed by atoms with Crippen LogP contribution in [0.5, 0.6) is 0 Å². The summed E-state index contributed by atoms with van der Waals surface area (Å²) in [5, 5.41) is 9.02. The van der Waals surface area contributed by atoms with E-state index in [1.165, 1.54) is 11.1 Å². The van der Waals surface area contributed by atoms with Crippen molar-refractivity contribution in [1.82, 2.24) is 4.57 Å². The third-order valence-electron chi connectivity index (χ3n) is 3.40. The molecule has 0 fully saturated rings. The summed E-state index contributed by atoms with van der Waals surface area (Å²) in [5.41, 5.74) is 3.29. The van der Waals surface area contributed by atoms with E-state index in [9.17, 15) is 0 Å². The van der Waals surface area contributed by atoms with Crippen LogP contribution in [0.3, 0.4) is 0 Å². The Morgan fingerprint density at radius 1 is 1.28 bits per heavy atom. The normalized spacial score (nSPS) is 18.1. The molecule has 0 saturated carbocycles. The van der Waals surface area contributed by atoms with Gasteiger partial charge in [0.2, 0.25) is 0 Å². The van der Waals surface area contributed by atoms with Crippen molar-refractivity contribution in [3.05, 3.63) is 59.4 Å². The molecule has 1 aromatic carbocycles. The minimum atomic E-state index is 0.0504. The molecule has 3 heteroatoms. The predicted molar refractivity (Wildman–Crippen MR) is 68.0 cm³/mol. The minimum Gasteiger partial charge on any atom is -0.371 e. The van der Waals surface area contributed by atoms with Gasteiger partial charge in [0.15, 0.2) is 0 Å². The van der Waals surface area contributed by atoms with Crippen molar-refractivity contribution in [3.8, 4) is 6.07 Å². The number of ether oxygens (including phenoxy) is 1. The second-order valence-corrected chi connectivity index (χ2v) is 4.47. The van der Waals surface area contributed by atoms with Crippen molar-refractivity contribution in [1.29, 1.82) is 5.26 Å². The molecular weight excluding hydrogens is 224 g/mol. The lowest BCUT2D eigenvalue weighted by atomic mass is 9.97. The summed E-state index contributed by atoms with van der Waals surface area (Å²) in [5.74, 6) is 0. The van der Waals surface area contributed by atoms with E-state index in [0.29, 0.717) is 12.2 Å². The largest absolute Gasteiger partial charge is 0.371 e. The molecule has 0 bridgehead atoms. The average molecular weight is 238 g/mol. The quantitative estimate of drug-likeness (QED) is 0.806. The molecule has 3 nitrogen and oxygen atoms in total. The highest BCUT2D eigenvalue weighted by Gasteiger charge is 2.21. The van der Waals surface area contributed by atoms with Gasteiger partial charge in [0.05, 0.1) is 13.2 Å².